The molecule has 0 saturated heterocycles. The Kier molecular flexibility index (Phi) is 14.1. The second-order valence-electron chi connectivity index (χ2n) is 11.3. The lowest BCUT2D eigenvalue weighted by Gasteiger charge is -2.37. The van der Waals surface area contributed by atoms with Crippen molar-refractivity contribution < 1.29 is 13.9 Å². The van der Waals surface area contributed by atoms with Crippen molar-refractivity contribution in [3.8, 4) is 28.5 Å². The van der Waals surface area contributed by atoms with E-state index >= 15 is 0 Å². The third kappa shape index (κ3) is 9.69. The predicted octanol–water partition coefficient (Wildman–Crippen LogP) is 10.7. The molecule has 2 aromatic heterocycles. The Labute approximate surface area is 263 Å². The lowest BCUT2D eigenvalue weighted by molar-refractivity contribution is 0.255. The van der Waals surface area contributed by atoms with Gasteiger partial charge >= 0.3 is 0 Å². The summed E-state index contributed by atoms with van der Waals surface area (Å²) in [4.78, 5) is 9.32. The fraction of sp³-hybridized carbons (Fsp3) is 0.405. The zero-order chi connectivity index (χ0) is 32.9. The van der Waals surface area contributed by atoms with Crippen LogP contribution in [0.5, 0.6) is 17.2 Å². The van der Waals surface area contributed by atoms with Gasteiger partial charge in [-0.2, -0.15) is 0 Å². The summed E-state index contributed by atoms with van der Waals surface area (Å²) in [6, 6.07) is 11.9. The molecule has 0 unspecified atom stereocenters. The lowest BCUT2D eigenvalue weighted by Crippen LogP contribution is -2.32. The van der Waals surface area contributed by atoms with Crippen LogP contribution in [0.25, 0.3) is 16.8 Å². The molecule has 2 aromatic carbocycles. The summed E-state index contributed by atoms with van der Waals surface area (Å²) in [5, 5.41) is 0. The van der Waals surface area contributed by atoms with Gasteiger partial charge in [0.05, 0.1) is 0 Å². The van der Waals surface area contributed by atoms with E-state index in [4.69, 9.17) is 20.2 Å². The fourth-order valence-corrected chi connectivity index (χ4v) is 4.40. The molecule has 0 aliphatic heterocycles. The van der Waals surface area contributed by atoms with Crippen LogP contribution in [0.1, 0.15) is 93.8 Å². The van der Waals surface area contributed by atoms with Gasteiger partial charge in [-0.15, -0.1) is 6.58 Å². The van der Waals surface area contributed by atoms with Crippen molar-refractivity contribution in [3.63, 3.8) is 0 Å². The third-order valence-electron chi connectivity index (χ3n) is 6.75. The number of fused-ring (bicyclic) bond motifs is 1. The summed E-state index contributed by atoms with van der Waals surface area (Å²) in [6.07, 6.45) is 10.3. The second-order valence-corrected chi connectivity index (χ2v) is 11.3. The molecule has 7 heteroatoms. The van der Waals surface area contributed by atoms with Crippen molar-refractivity contribution in [3.05, 3.63) is 90.3 Å². The van der Waals surface area contributed by atoms with E-state index in [9.17, 15) is 4.39 Å². The van der Waals surface area contributed by atoms with E-state index in [0.717, 1.165) is 41.0 Å². The van der Waals surface area contributed by atoms with Gasteiger partial charge in [-0.05, 0) is 70.4 Å². The summed E-state index contributed by atoms with van der Waals surface area (Å²) < 4.78 is 27.8. The Bertz CT molecular complexity index is 1510. The Morgan fingerprint density at radius 3 is 2.18 bits per heavy atom. The molecule has 1 aliphatic rings. The van der Waals surface area contributed by atoms with Gasteiger partial charge in [0.25, 0.3) is 0 Å². The highest BCUT2D eigenvalue weighted by Crippen LogP contribution is 2.44. The predicted molar refractivity (Wildman–Crippen MR) is 183 cm³/mol. The maximum Gasteiger partial charge on any atom is 0.150 e. The van der Waals surface area contributed by atoms with Gasteiger partial charge in [0, 0.05) is 41.6 Å². The highest BCUT2D eigenvalue weighted by molar-refractivity contribution is 5.85. The van der Waals surface area contributed by atoms with Gasteiger partial charge in [-0.1, -0.05) is 59.1 Å². The molecular formula is C37H51FN4O2. The van der Waals surface area contributed by atoms with Crippen LogP contribution < -0.4 is 15.2 Å². The van der Waals surface area contributed by atoms with Crippen molar-refractivity contribution in [1.82, 2.24) is 14.4 Å². The summed E-state index contributed by atoms with van der Waals surface area (Å²) in [5.41, 5.74) is 11.1. The minimum absolute atomic E-state index is 0.0423. The summed E-state index contributed by atoms with van der Waals surface area (Å²) in [5.74, 6) is 2.41. The third-order valence-corrected chi connectivity index (χ3v) is 6.75. The molecule has 44 heavy (non-hydrogen) atoms. The molecule has 4 aromatic rings. The van der Waals surface area contributed by atoms with Crippen LogP contribution >= 0.6 is 0 Å². The molecule has 1 saturated carbocycles. The topological polar surface area (TPSA) is 74.7 Å². The SMILES string of the molecule is C/C=C(\C)COc1cc(F)cc(Oc2ccc(-c3nc(C4(C)CCC4)n4ccnc(N)c34)cc2)c1.C=C(C)C.CC.CCC. The van der Waals surface area contributed by atoms with E-state index in [1.54, 1.807) is 12.3 Å². The molecule has 0 radical (unpaired) electrons. The Morgan fingerprint density at radius 2 is 1.64 bits per heavy atom. The number of imidazole rings is 1. The van der Waals surface area contributed by atoms with Gasteiger partial charge in [0.15, 0.2) is 0 Å². The van der Waals surface area contributed by atoms with E-state index < -0.39 is 5.82 Å². The number of nitrogen functional groups attached to an aromatic ring is 1. The first-order valence-corrected chi connectivity index (χ1v) is 15.6. The van der Waals surface area contributed by atoms with Crippen LogP contribution in [-0.4, -0.2) is 21.0 Å². The van der Waals surface area contributed by atoms with Crippen molar-refractivity contribution in [2.45, 2.75) is 93.4 Å². The van der Waals surface area contributed by atoms with Crippen LogP contribution in [-0.2, 0) is 5.41 Å². The normalized spacial score (nSPS) is 13.2. The van der Waals surface area contributed by atoms with Crippen LogP contribution in [0.15, 0.2) is 78.7 Å². The average molecular weight is 603 g/mol. The zero-order valence-corrected chi connectivity index (χ0v) is 28.1. The van der Waals surface area contributed by atoms with Gasteiger partial charge in [-0.3, -0.25) is 4.40 Å². The van der Waals surface area contributed by atoms with Crippen LogP contribution in [0.4, 0.5) is 10.2 Å². The van der Waals surface area contributed by atoms with E-state index in [1.165, 1.54) is 30.5 Å². The average Bonchev–Trinajstić information content (AvgIpc) is 3.37. The number of nitrogens with zero attached hydrogens (tertiary/aromatic N) is 3. The van der Waals surface area contributed by atoms with E-state index in [0.29, 0.717) is 29.7 Å². The van der Waals surface area contributed by atoms with Crippen LogP contribution in [0.3, 0.4) is 0 Å². The van der Waals surface area contributed by atoms with E-state index in [-0.39, 0.29) is 5.41 Å². The number of rotatable bonds is 7. The minimum Gasteiger partial charge on any atom is -0.489 e. The largest absolute Gasteiger partial charge is 0.489 e. The summed E-state index contributed by atoms with van der Waals surface area (Å²) in [6.45, 7) is 22.3. The molecule has 0 spiro atoms. The first kappa shape index (κ1) is 36.1. The first-order chi connectivity index (χ1) is 21.0. The molecule has 0 amide bonds. The van der Waals surface area contributed by atoms with Crippen molar-refractivity contribution in [2.75, 3.05) is 12.3 Å². The number of anilines is 1. The maximum atomic E-state index is 14.1. The van der Waals surface area contributed by atoms with Crippen molar-refractivity contribution in [1.29, 1.82) is 0 Å². The van der Waals surface area contributed by atoms with Crippen LogP contribution in [0.2, 0.25) is 0 Å². The summed E-state index contributed by atoms with van der Waals surface area (Å²) >= 11 is 0. The molecule has 0 bridgehead atoms. The second kappa shape index (κ2) is 17.2. The number of hydrogen-bond donors (Lipinski definition) is 1. The van der Waals surface area contributed by atoms with Gasteiger partial charge in [0.2, 0.25) is 0 Å². The summed E-state index contributed by atoms with van der Waals surface area (Å²) in [7, 11) is 0. The number of nitrogens with two attached hydrogens (primary N) is 1. The molecule has 6 nitrogen and oxygen atoms in total. The van der Waals surface area contributed by atoms with Crippen molar-refractivity contribution >= 4 is 11.3 Å². The number of halogens is 1. The quantitative estimate of drug-likeness (QED) is 0.213. The van der Waals surface area contributed by atoms with E-state index in [1.807, 2.05) is 78.1 Å². The van der Waals surface area contributed by atoms with Gasteiger partial charge in [-0.25, -0.2) is 14.4 Å². The maximum absolute atomic E-state index is 14.1. The zero-order valence-electron chi connectivity index (χ0n) is 28.1. The number of aromatic nitrogens is 3. The van der Waals surface area contributed by atoms with Crippen molar-refractivity contribution in [2.24, 2.45) is 0 Å². The smallest absolute Gasteiger partial charge is 0.150 e. The number of allylic oxidation sites excluding steroid dienone is 2. The molecule has 0 atom stereocenters. The minimum atomic E-state index is -0.420. The lowest BCUT2D eigenvalue weighted by atomic mass is 9.70. The van der Waals surface area contributed by atoms with Crippen LogP contribution in [0, 0.1) is 5.82 Å². The Hall–Kier alpha value is -4.13. The Morgan fingerprint density at radius 1 is 1.05 bits per heavy atom. The molecule has 1 aliphatic carbocycles. The van der Waals surface area contributed by atoms with Gasteiger partial charge in [0.1, 0.15) is 52.5 Å². The molecule has 2 heterocycles. The molecule has 238 valence electrons. The van der Waals surface area contributed by atoms with Gasteiger partial charge < -0.3 is 15.2 Å². The Balaban J connectivity index is 0.000000672. The standard InChI is InChI=1S/C28H29FN4O2.C4H8.C3H8.C2H6/c1-4-18(2)17-34-22-14-20(29)15-23(16-22)35-21-8-6-19(7-9-21)24-25-26(30)31-12-13-33(25)27(32-24)28(3)10-5-11-28;1-4(2)3;1-3-2;1-2/h4,6-9,12-16H,5,10-11,17H2,1-3H3,(H2,30,31);1H2,2-3H3;3H2,1-2H3;1-2H3/b18-4+;;;. The fourth-order valence-electron chi connectivity index (χ4n) is 4.40. The first-order valence-electron chi connectivity index (χ1n) is 15.6. The monoisotopic (exact) mass is 602 g/mol. The number of benzene rings is 2. The number of hydrogen-bond acceptors (Lipinski definition) is 5. The molecular weight excluding hydrogens is 551 g/mol. The molecule has 5 rings (SSSR count). The highest BCUT2D eigenvalue weighted by atomic mass is 19.1. The van der Waals surface area contributed by atoms with E-state index in [2.05, 4.69) is 36.7 Å². The molecule has 1 fully saturated rings. The number of ether oxygens (including phenoxy) is 2. The highest BCUT2D eigenvalue weighted by Gasteiger charge is 2.38. The molecule has 2 N–H and O–H groups in total.